The first-order valence-electron chi connectivity index (χ1n) is 5.46. The van der Waals surface area contributed by atoms with Crippen LogP contribution in [-0.2, 0) is 7.05 Å². The van der Waals surface area contributed by atoms with Crippen molar-refractivity contribution in [2.45, 2.75) is 6.92 Å². The summed E-state index contributed by atoms with van der Waals surface area (Å²) in [6.07, 6.45) is 0. The van der Waals surface area contributed by atoms with Crippen LogP contribution in [0.3, 0.4) is 0 Å². The lowest BCUT2D eigenvalue weighted by Gasteiger charge is -2.08. The molecule has 0 saturated heterocycles. The van der Waals surface area contributed by atoms with Crippen LogP contribution in [0.4, 0.5) is 0 Å². The van der Waals surface area contributed by atoms with Crippen molar-refractivity contribution in [3.63, 3.8) is 0 Å². The Morgan fingerprint density at radius 2 is 1.78 bits per heavy atom. The van der Waals surface area contributed by atoms with Gasteiger partial charge < -0.3 is 19.1 Å². The summed E-state index contributed by atoms with van der Waals surface area (Å²) in [5.74, 6) is 0.195. The Hall–Kier alpha value is -2.17. The van der Waals surface area contributed by atoms with Gasteiger partial charge in [0, 0.05) is 12.7 Å². The Morgan fingerprint density at radius 1 is 1.22 bits per heavy atom. The first-order chi connectivity index (χ1) is 8.52. The van der Waals surface area contributed by atoms with Gasteiger partial charge in [0.25, 0.3) is 0 Å². The molecule has 0 aliphatic heterocycles. The molecule has 0 spiro atoms. The minimum Gasteiger partial charge on any atom is -0.496 e. The van der Waals surface area contributed by atoms with Gasteiger partial charge in [0.1, 0.15) is 11.5 Å². The number of nitrogens with zero attached hydrogens (tertiary/aromatic N) is 1. The van der Waals surface area contributed by atoms with Crippen LogP contribution in [0, 0.1) is 6.92 Å². The van der Waals surface area contributed by atoms with Gasteiger partial charge in [0.05, 0.1) is 30.7 Å². The van der Waals surface area contributed by atoms with E-state index in [0.29, 0.717) is 22.6 Å². The van der Waals surface area contributed by atoms with Crippen molar-refractivity contribution in [2.75, 3.05) is 14.2 Å². The van der Waals surface area contributed by atoms with Gasteiger partial charge in [0.15, 0.2) is 0 Å². The second-order valence-corrected chi connectivity index (χ2v) is 4.02. The van der Waals surface area contributed by atoms with Crippen LogP contribution in [0.1, 0.15) is 16.1 Å². The molecule has 1 heterocycles. The van der Waals surface area contributed by atoms with Gasteiger partial charge in [-0.15, -0.1) is 0 Å². The summed E-state index contributed by atoms with van der Waals surface area (Å²) in [6.45, 7) is 1.77. The molecular formula is C13H15NO4. The van der Waals surface area contributed by atoms with E-state index in [1.165, 1.54) is 7.11 Å². The van der Waals surface area contributed by atoms with Gasteiger partial charge in [-0.05, 0) is 19.1 Å². The second kappa shape index (κ2) is 4.25. The van der Waals surface area contributed by atoms with E-state index in [4.69, 9.17) is 9.47 Å². The minimum absolute atomic E-state index is 0.253. The van der Waals surface area contributed by atoms with Crippen molar-refractivity contribution in [3.05, 3.63) is 23.4 Å². The zero-order chi connectivity index (χ0) is 13.4. The van der Waals surface area contributed by atoms with E-state index in [1.807, 2.05) is 7.05 Å². The van der Waals surface area contributed by atoms with Crippen LogP contribution < -0.4 is 9.47 Å². The summed E-state index contributed by atoms with van der Waals surface area (Å²) >= 11 is 0. The average molecular weight is 249 g/mol. The van der Waals surface area contributed by atoms with Crippen LogP contribution in [0.5, 0.6) is 11.5 Å². The maximum absolute atomic E-state index is 11.4. The molecule has 1 aromatic carbocycles. The highest BCUT2D eigenvalue weighted by molar-refractivity contribution is 6.09. The van der Waals surface area contributed by atoms with Gasteiger partial charge in [0.2, 0.25) is 0 Å². The number of aromatic carboxylic acids is 1. The zero-order valence-electron chi connectivity index (χ0n) is 10.8. The van der Waals surface area contributed by atoms with E-state index >= 15 is 0 Å². The molecular weight excluding hydrogens is 234 g/mol. The van der Waals surface area contributed by atoms with E-state index < -0.39 is 5.97 Å². The summed E-state index contributed by atoms with van der Waals surface area (Å²) in [6, 6.07) is 3.49. The molecule has 0 aliphatic carbocycles. The Bertz CT molecular complexity index is 628. The average Bonchev–Trinajstić information content (AvgIpc) is 2.62. The standard InChI is InChI=1S/C13H15NO4/c1-7-10(13(15)16)11-8(17-3)5-6-9(18-4)12(11)14(7)2/h5-6H,1-4H3,(H,15,16). The molecule has 18 heavy (non-hydrogen) atoms. The van der Waals surface area contributed by atoms with Crippen LogP contribution in [0.15, 0.2) is 12.1 Å². The fraction of sp³-hybridized carbons (Fsp3) is 0.308. The highest BCUT2D eigenvalue weighted by Gasteiger charge is 2.23. The molecule has 0 atom stereocenters. The van der Waals surface area contributed by atoms with Crippen molar-refractivity contribution < 1.29 is 19.4 Å². The number of hydrogen-bond acceptors (Lipinski definition) is 3. The molecule has 1 N–H and O–H groups in total. The number of benzene rings is 1. The number of hydrogen-bond donors (Lipinski definition) is 1. The number of fused-ring (bicyclic) bond motifs is 1. The van der Waals surface area contributed by atoms with E-state index in [9.17, 15) is 9.90 Å². The molecule has 2 aromatic rings. The highest BCUT2D eigenvalue weighted by Crippen LogP contribution is 2.38. The van der Waals surface area contributed by atoms with E-state index in [-0.39, 0.29) is 5.56 Å². The Kier molecular flexibility index (Phi) is 2.90. The third kappa shape index (κ3) is 1.51. The topological polar surface area (TPSA) is 60.7 Å². The summed E-state index contributed by atoms with van der Waals surface area (Å²) in [5, 5.41) is 9.92. The van der Waals surface area contributed by atoms with Gasteiger partial charge in [-0.1, -0.05) is 0 Å². The highest BCUT2D eigenvalue weighted by atomic mass is 16.5. The number of carboxylic acid groups (broad SMARTS) is 1. The normalized spacial score (nSPS) is 10.7. The van der Waals surface area contributed by atoms with Crippen molar-refractivity contribution >= 4 is 16.9 Å². The lowest BCUT2D eigenvalue weighted by atomic mass is 10.1. The molecule has 0 amide bonds. The quantitative estimate of drug-likeness (QED) is 0.905. The number of rotatable bonds is 3. The Morgan fingerprint density at radius 3 is 2.28 bits per heavy atom. The predicted molar refractivity (Wildman–Crippen MR) is 67.7 cm³/mol. The first kappa shape index (κ1) is 12.3. The summed E-state index contributed by atoms with van der Waals surface area (Å²) in [4.78, 5) is 11.4. The van der Waals surface area contributed by atoms with Crippen LogP contribution in [0.2, 0.25) is 0 Å². The van der Waals surface area contributed by atoms with Crippen LogP contribution >= 0.6 is 0 Å². The van der Waals surface area contributed by atoms with Crippen molar-refractivity contribution in [2.24, 2.45) is 7.05 Å². The van der Waals surface area contributed by atoms with Gasteiger partial charge >= 0.3 is 5.97 Å². The van der Waals surface area contributed by atoms with Gasteiger partial charge in [-0.2, -0.15) is 0 Å². The lowest BCUT2D eigenvalue weighted by Crippen LogP contribution is -2.00. The predicted octanol–water partition coefficient (Wildman–Crippen LogP) is 2.20. The zero-order valence-corrected chi connectivity index (χ0v) is 10.8. The summed E-state index contributed by atoms with van der Waals surface area (Å²) in [5.41, 5.74) is 1.65. The number of carboxylic acids is 1. The summed E-state index contributed by atoms with van der Waals surface area (Å²) in [7, 11) is 4.89. The van der Waals surface area contributed by atoms with E-state index in [2.05, 4.69) is 0 Å². The van der Waals surface area contributed by atoms with Crippen LogP contribution in [0.25, 0.3) is 10.9 Å². The number of ether oxygens (including phenoxy) is 2. The SMILES string of the molecule is COc1ccc(OC)c2c1c(C(=O)O)c(C)n2C. The maximum atomic E-state index is 11.4. The molecule has 5 heteroatoms. The summed E-state index contributed by atoms with van der Waals surface area (Å²) < 4.78 is 12.3. The number of aromatic nitrogens is 1. The Labute approximate surface area is 105 Å². The molecule has 2 rings (SSSR count). The maximum Gasteiger partial charge on any atom is 0.338 e. The molecule has 0 unspecified atom stereocenters. The molecule has 0 bridgehead atoms. The first-order valence-corrected chi connectivity index (χ1v) is 5.46. The lowest BCUT2D eigenvalue weighted by molar-refractivity contribution is 0.0698. The van der Waals surface area contributed by atoms with E-state index in [1.54, 1.807) is 30.7 Å². The van der Waals surface area contributed by atoms with Crippen molar-refractivity contribution in [1.29, 1.82) is 0 Å². The van der Waals surface area contributed by atoms with Gasteiger partial charge in [-0.25, -0.2) is 4.79 Å². The molecule has 5 nitrogen and oxygen atoms in total. The minimum atomic E-state index is -0.968. The molecule has 96 valence electrons. The molecule has 0 fully saturated rings. The monoisotopic (exact) mass is 249 g/mol. The third-order valence-electron chi connectivity index (χ3n) is 3.21. The van der Waals surface area contributed by atoms with Crippen molar-refractivity contribution in [1.82, 2.24) is 4.57 Å². The Balaban J connectivity index is 3.02. The molecule has 0 aliphatic rings. The molecule has 0 radical (unpaired) electrons. The van der Waals surface area contributed by atoms with E-state index in [0.717, 1.165) is 5.52 Å². The third-order valence-corrected chi connectivity index (χ3v) is 3.21. The second-order valence-electron chi connectivity index (χ2n) is 4.02. The fourth-order valence-corrected chi connectivity index (χ4v) is 2.24. The number of aryl methyl sites for hydroxylation is 1. The fourth-order valence-electron chi connectivity index (χ4n) is 2.24. The number of methoxy groups -OCH3 is 2. The van der Waals surface area contributed by atoms with Crippen molar-refractivity contribution in [3.8, 4) is 11.5 Å². The van der Waals surface area contributed by atoms with Gasteiger partial charge in [-0.3, -0.25) is 0 Å². The molecule has 0 saturated carbocycles. The van der Waals surface area contributed by atoms with Crippen LogP contribution in [-0.4, -0.2) is 29.9 Å². The largest absolute Gasteiger partial charge is 0.496 e. The molecule has 1 aromatic heterocycles. The number of carbonyl (C=O) groups is 1. The smallest absolute Gasteiger partial charge is 0.338 e.